The maximum Gasteiger partial charge on any atom is 0.326 e. The summed E-state index contributed by atoms with van der Waals surface area (Å²) in [6.07, 6.45) is 4.15. The Labute approximate surface area is 282 Å². The molecule has 2 aliphatic heterocycles. The SMILES string of the molecule is CC(C)CC(C(=O)O)N1CCN(CC(Cc2c[nH]c3ccccc23)N2CCNC(Cc3ccccc3)C2=O)C(Cc2ccccc2)C1=O. The minimum atomic E-state index is -0.961. The molecule has 2 saturated heterocycles. The van der Waals surface area contributed by atoms with E-state index in [0.717, 1.165) is 27.6 Å². The summed E-state index contributed by atoms with van der Waals surface area (Å²) in [5.74, 6) is -0.912. The van der Waals surface area contributed by atoms with E-state index in [1.54, 1.807) is 4.90 Å². The van der Waals surface area contributed by atoms with Crippen LogP contribution in [0.1, 0.15) is 37.0 Å². The summed E-state index contributed by atoms with van der Waals surface area (Å²) in [6.45, 7) is 6.60. The second kappa shape index (κ2) is 15.2. The number of piperazine rings is 2. The third-order valence-corrected chi connectivity index (χ3v) is 9.89. The maximum atomic E-state index is 14.4. The third-order valence-electron chi connectivity index (χ3n) is 9.89. The molecule has 4 atom stereocenters. The molecule has 3 N–H and O–H groups in total. The number of nitrogens with zero attached hydrogens (tertiary/aromatic N) is 3. The van der Waals surface area contributed by atoms with Gasteiger partial charge in [0.1, 0.15) is 6.04 Å². The molecule has 2 fully saturated rings. The highest BCUT2D eigenvalue weighted by atomic mass is 16.4. The Morgan fingerprint density at radius 1 is 0.833 bits per heavy atom. The van der Waals surface area contributed by atoms with E-state index >= 15 is 0 Å². The van der Waals surface area contributed by atoms with Crippen LogP contribution >= 0.6 is 0 Å². The van der Waals surface area contributed by atoms with Crippen LogP contribution in [-0.2, 0) is 33.6 Å². The van der Waals surface area contributed by atoms with Crippen molar-refractivity contribution >= 4 is 28.7 Å². The van der Waals surface area contributed by atoms with Crippen molar-refractivity contribution in [3.8, 4) is 0 Å². The molecule has 0 saturated carbocycles. The quantitative estimate of drug-likeness (QED) is 0.199. The van der Waals surface area contributed by atoms with Gasteiger partial charge in [-0.25, -0.2) is 4.79 Å². The Morgan fingerprint density at radius 2 is 1.50 bits per heavy atom. The van der Waals surface area contributed by atoms with E-state index in [-0.39, 0.29) is 29.8 Å². The molecular formula is C39H47N5O4. The molecule has 3 aromatic carbocycles. The van der Waals surface area contributed by atoms with Gasteiger partial charge < -0.3 is 25.2 Å². The van der Waals surface area contributed by atoms with Crippen molar-refractivity contribution in [3.63, 3.8) is 0 Å². The number of rotatable bonds is 13. The highest BCUT2D eigenvalue weighted by Crippen LogP contribution is 2.26. The predicted molar refractivity (Wildman–Crippen MR) is 188 cm³/mol. The summed E-state index contributed by atoms with van der Waals surface area (Å²) in [4.78, 5) is 50.3. The van der Waals surface area contributed by atoms with E-state index in [0.29, 0.717) is 58.4 Å². The van der Waals surface area contributed by atoms with E-state index in [1.165, 1.54) is 0 Å². The number of carbonyl (C=O) groups is 3. The first-order valence-corrected chi connectivity index (χ1v) is 17.2. The Kier molecular flexibility index (Phi) is 10.6. The van der Waals surface area contributed by atoms with Crippen LogP contribution in [0.3, 0.4) is 0 Å². The molecule has 48 heavy (non-hydrogen) atoms. The van der Waals surface area contributed by atoms with Crippen molar-refractivity contribution < 1.29 is 19.5 Å². The highest BCUT2D eigenvalue weighted by molar-refractivity contribution is 5.88. The number of aromatic amines is 1. The first-order chi connectivity index (χ1) is 23.3. The van der Waals surface area contributed by atoms with Crippen LogP contribution < -0.4 is 5.32 Å². The zero-order valence-electron chi connectivity index (χ0n) is 27.9. The molecule has 4 unspecified atom stereocenters. The molecule has 1 aromatic heterocycles. The van der Waals surface area contributed by atoms with E-state index < -0.39 is 18.1 Å². The minimum Gasteiger partial charge on any atom is -0.480 e. The van der Waals surface area contributed by atoms with Crippen molar-refractivity contribution in [3.05, 3.63) is 108 Å². The number of para-hydroxylation sites is 1. The molecule has 0 bridgehead atoms. The Bertz CT molecular complexity index is 1690. The molecule has 9 nitrogen and oxygen atoms in total. The molecule has 0 aliphatic carbocycles. The van der Waals surface area contributed by atoms with Crippen molar-refractivity contribution in [2.24, 2.45) is 5.92 Å². The second-order valence-corrected chi connectivity index (χ2v) is 13.7. The van der Waals surface area contributed by atoms with Gasteiger partial charge in [-0.15, -0.1) is 0 Å². The molecule has 9 heteroatoms. The number of carboxylic acid groups (broad SMARTS) is 1. The number of aliphatic carboxylic acids is 1. The number of hydrogen-bond acceptors (Lipinski definition) is 5. The topological polar surface area (TPSA) is 109 Å². The third kappa shape index (κ3) is 7.63. The first kappa shape index (κ1) is 33.4. The molecular weight excluding hydrogens is 602 g/mol. The monoisotopic (exact) mass is 649 g/mol. The van der Waals surface area contributed by atoms with Gasteiger partial charge in [-0.05, 0) is 54.4 Å². The van der Waals surface area contributed by atoms with Gasteiger partial charge in [0.05, 0.1) is 12.1 Å². The summed E-state index contributed by atoms with van der Waals surface area (Å²) in [6, 6.07) is 26.3. The van der Waals surface area contributed by atoms with E-state index in [1.807, 2.05) is 85.6 Å². The van der Waals surface area contributed by atoms with Gasteiger partial charge in [0.2, 0.25) is 11.8 Å². The summed E-state index contributed by atoms with van der Waals surface area (Å²) >= 11 is 0. The van der Waals surface area contributed by atoms with E-state index in [4.69, 9.17) is 0 Å². The molecule has 3 heterocycles. The van der Waals surface area contributed by atoms with E-state index in [2.05, 4.69) is 39.5 Å². The predicted octanol–water partition coefficient (Wildman–Crippen LogP) is 4.38. The number of amides is 2. The largest absolute Gasteiger partial charge is 0.480 e. The number of benzene rings is 3. The number of H-pyrrole nitrogens is 1. The van der Waals surface area contributed by atoms with Crippen LogP contribution in [0.25, 0.3) is 10.9 Å². The molecule has 0 spiro atoms. The van der Waals surface area contributed by atoms with Gasteiger partial charge in [-0.3, -0.25) is 14.5 Å². The fourth-order valence-corrected chi connectivity index (χ4v) is 7.47. The average Bonchev–Trinajstić information content (AvgIpc) is 3.49. The maximum absolute atomic E-state index is 14.4. The molecule has 4 aromatic rings. The fourth-order valence-electron chi connectivity index (χ4n) is 7.47. The minimum absolute atomic E-state index is 0.0717. The van der Waals surface area contributed by atoms with Gasteiger partial charge in [0, 0.05) is 55.9 Å². The van der Waals surface area contributed by atoms with Crippen LogP contribution in [0.5, 0.6) is 0 Å². The van der Waals surface area contributed by atoms with Crippen molar-refractivity contribution in [1.82, 2.24) is 25.0 Å². The molecule has 6 rings (SSSR count). The van der Waals surface area contributed by atoms with Gasteiger partial charge in [-0.1, -0.05) is 92.7 Å². The summed E-state index contributed by atoms with van der Waals surface area (Å²) in [7, 11) is 0. The molecule has 2 amide bonds. The van der Waals surface area contributed by atoms with Gasteiger partial charge in [0.15, 0.2) is 0 Å². The number of fused-ring (bicyclic) bond motifs is 1. The highest BCUT2D eigenvalue weighted by Gasteiger charge is 2.42. The Morgan fingerprint density at radius 3 is 2.19 bits per heavy atom. The van der Waals surface area contributed by atoms with Crippen LogP contribution in [0.15, 0.2) is 91.1 Å². The normalized spacial score (nSPS) is 20.4. The summed E-state index contributed by atoms with van der Waals surface area (Å²) in [5, 5.41) is 14.8. The number of nitrogens with one attached hydrogen (secondary N) is 2. The van der Waals surface area contributed by atoms with Crippen molar-refractivity contribution in [2.75, 3.05) is 32.7 Å². The zero-order chi connectivity index (χ0) is 33.6. The molecule has 252 valence electrons. The van der Waals surface area contributed by atoms with Crippen LogP contribution in [0, 0.1) is 5.92 Å². The van der Waals surface area contributed by atoms with Crippen LogP contribution in [0.2, 0.25) is 0 Å². The summed E-state index contributed by atoms with van der Waals surface area (Å²) < 4.78 is 0. The van der Waals surface area contributed by atoms with Gasteiger partial charge in [-0.2, -0.15) is 0 Å². The average molecular weight is 650 g/mol. The fraction of sp³-hybridized carbons (Fsp3) is 0.410. The van der Waals surface area contributed by atoms with E-state index in [9.17, 15) is 19.5 Å². The zero-order valence-corrected chi connectivity index (χ0v) is 27.9. The van der Waals surface area contributed by atoms with Gasteiger partial charge in [0.25, 0.3) is 0 Å². The second-order valence-electron chi connectivity index (χ2n) is 13.7. The first-order valence-electron chi connectivity index (χ1n) is 17.2. The number of aromatic nitrogens is 1. The molecule has 0 radical (unpaired) electrons. The smallest absolute Gasteiger partial charge is 0.326 e. The molecule has 2 aliphatic rings. The number of carbonyl (C=O) groups excluding carboxylic acids is 2. The lowest BCUT2D eigenvalue weighted by Gasteiger charge is -2.46. The lowest BCUT2D eigenvalue weighted by molar-refractivity contribution is -0.157. The lowest BCUT2D eigenvalue weighted by Crippen LogP contribution is -2.65. The lowest BCUT2D eigenvalue weighted by atomic mass is 9.95. The Hall–Kier alpha value is -4.47. The van der Waals surface area contributed by atoms with Crippen molar-refractivity contribution in [1.29, 1.82) is 0 Å². The van der Waals surface area contributed by atoms with Crippen LogP contribution in [0.4, 0.5) is 0 Å². The standard InChI is InChI=1S/C39H47N5O4/c1-27(2)21-36(39(47)48)44-20-19-42(35(38(44)46)23-29-13-7-4-8-14-29)26-31(24-30-25-41-33-16-10-9-15-32(30)33)43-18-17-40-34(37(43)45)22-28-11-5-3-6-12-28/h3-16,25,27,31,34-36,40-41H,17-24,26H2,1-2H3,(H,47,48). The Balaban J connectivity index is 1.32. The van der Waals surface area contributed by atoms with Crippen molar-refractivity contribution in [2.45, 2.75) is 63.7 Å². The van der Waals surface area contributed by atoms with Crippen LogP contribution in [-0.4, -0.2) is 99.5 Å². The number of hydrogen-bond donors (Lipinski definition) is 3. The van der Waals surface area contributed by atoms with Gasteiger partial charge >= 0.3 is 5.97 Å². The summed E-state index contributed by atoms with van der Waals surface area (Å²) in [5.41, 5.74) is 4.31. The number of carboxylic acids is 1.